The summed E-state index contributed by atoms with van der Waals surface area (Å²) in [7, 11) is 2.95. The largest absolute Gasteiger partial charge is 0.479 e. The third kappa shape index (κ3) is 4.11. The first-order chi connectivity index (χ1) is 17.7. The van der Waals surface area contributed by atoms with Crippen LogP contribution in [0.3, 0.4) is 0 Å². The number of amides is 1. The third-order valence-electron chi connectivity index (χ3n) is 6.08. The van der Waals surface area contributed by atoms with Crippen LogP contribution >= 0.6 is 23.2 Å². The Morgan fingerprint density at radius 1 is 1.08 bits per heavy atom. The maximum Gasteiger partial charge on any atom is 0.319 e. The van der Waals surface area contributed by atoms with Gasteiger partial charge in [-0.15, -0.1) is 0 Å². The van der Waals surface area contributed by atoms with Gasteiger partial charge in [0, 0.05) is 16.8 Å². The van der Waals surface area contributed by atoms with Crippen molar-refractivity contribution in [1.82, 2.24) is 24.7 Å². The Bertz CT molecular complexity index is 1560. The molecule has 5 rings (SSSR count). The number of rotatable bonds is 6. The summed E-state index contributed by atoms with van der Waals surface area (Å²) in [5.41, 5.74) is 2.98. The minimum Gasteiger partial charge on any atom is -0.479 e. The number of methoxy groups -OCH3 is 2. The van der Waals surface area contributed by atoms with Gasteiger partial charge in [0.15, 0.2) is 5.69 Å². The number of fused-ring (bicyclic) bond motifs is 1. The van der Waals surface area contributed by atoms with Gasteiger partial charge in [-0.3, -0.25) is 14.5 Å². The molecule has 4 aromatic rings. The summed E-state index contributed by atoms with van der Waals surface area (Å²) in [4.78, 5) is 38.5. The van der Waals surface area contributed by atoms with Crippen LogP contribution in [0, 0.1) is 0 Å². The molecule has 12 heteroatoms. The van der Waals surface area contributed by atoms with Crippen molar-refractivity contribution in [1.29, 1.82) is 0 Å². The van der Waals surface area contributed by atoms with Crippen molar-refractivity contribution in [2.24, 2.45) is 0 Å². The lowest BCUT2D eigenvalue weighted by molar-refractivity contribution is 0.0988. The fraction of sp³-hybridized carbons (Fsp3) is 0.240. The zero-order valence-corrected chi connectivity index (χ0v) is 21.8. The zero-order valence-electron chi connectivity index (χ0n) is 20.3. The molecule has 0 radical (unpaired) electrons. The summed E-state index contributed by atoms with van der Waals surface area (Å²) in [6.45, 7) is 4.02. The van der Waals surface area contributed by atoms with Gasteiger partial charge in [0.25, 0.3) is 11.5 Å². The van der Waals surface area contributed by atoms with Crippen molar-refractivity contribution in [3.63, 3.8) is 0 Å². The van der Waals surface area contributed by atoms with E-state index in [4.69, 9.17) is 37.8 Å². The van der Waals surface area contributed by atoms with Gasteiger partial charge in [-0.25, -0.2) is 9.67 Å². The SMILES string of the molecule is COc1ncc(-n2nc3c(c2C(C)C)C(c2ccc(Cl)cc2)N(c2c[nH]c(=O)c(Cl)c2)C3=O)c(OC)n1. The summed E-state index contributed by atoms with van der Waals surface area (Å²) < 4.78 is 12.3. The van der Waals surface area contributed by atoms with Crippen LogP contribution in [0.2, 0.25) is 10.0 Å². The number of hydrogen-bond acceptors (Lipinski definition) is 7. The van der Waals surface area contributed by atoms with Crippen LogP contribution in [-0.4, -0.2) is 44.9 Å². The molecule has 1 unspecified atom stereocenters. The lowest BCUT2D eigenvalue weighted by Gasteiger charge is -2.27. The molecule has 37 heavy (non-hydrogen) atoms. The molecular formula is C25H22Cl2N6O4. The van der Waals surface area contributed by atoms with E-state index >= 15 is 0 Å². The summed E-state index contributed by atoms with van der Waals surface area (Å²) in [5.74, 6) is -0.174. The van der Waals surface area contributed by atoms with Crippen LogP contribution in [0.15, 0.2) is 47.5 Å². The fourth-order valence-corrected chi connectivity index (χ4v) is 4.81. The highest BCUT2D eigenvalue weighted by molar-refractivity contribution is 6.31. The molecule has 1 aromatic carbocycles. The molecule has 3 aromatic heterocycles. The number of aromatic nitrogens is 5. The molecule has 0 bridgehead atoms. The van der Waals surface area contributed by atoms with E-state index in [1.807, 2.05) is 26.0 Å². The molecule has 10 nitrogen and oxygen atoms in total. The van der Waals surface area contributed by atoms with Gasteiger partial charge in [0.2, 0.25) is 5.88 Å². The van der Waals surface area contributed by atoms with Crippen LogP contribution in [0.4, 0.5) is 5.69 Å². The van der Waals surface area contributed by atoms with Crippen molar-refractivity contribution in [2.75, 3.05) is 19.1 Å². The number of pyridine rings is 1. The van der Waals surface area contributed by atoms with Gasteiger partial charge < -0.3 is 14.5 Å². The number of anilines is 1. The fourth-order valence-electron chi connectivity index (χ4n) is 4.52. The average molecular weight is 541 g/mol. The molecular weight excluding hydrogens is 519 g/mol. The topological polar surface area (TPSA) is 115 Å². The van der Waals surface area contributed by atoms with Gasteiger partial charge in [-0.05, 0) is 29.7 Å². The zero-order chi connectivity index (χ0) is 26.4. The first-order valence-electron chi connectivity index (χ1n) is 11.3. The standard InChI is InChI=1S/C25H22Cl2N6O4/c1-12(2)20-18-19(31-33(20)17-11-29-25(37-4)30-23(17)36-3)24(35)32(15-9-16(27)22(34)28-10-15)21(18)13-5-7-14(26)8-6-13/h5-12,21H,1-4H3,(H,28,34). The minimum absolute atomic E-state index is 0.0287. The van der Waals surface area contributed by atoms with E-state index in [9.17, 15) is 9.59 Å². The second-order valence-electron chi connectivity index (χ2n) is 8.63. The second kappa shape index (κ2) is 9.53. The van der Waals surface area contributed by atoms with Crippen molar-refractivity contribution >= 4 is 34.8 Å². The first kappa shape index (κ1) is 24.8. The predicted octanol–water partition coefficient (Wildman–Crippen LogP) is 4.55. The van der Waals surface area contributed by atoms with E-state index in [1.54, 1.807) is 27.9 Å². The Hall–Kier alpha value is -3.89. The lowest BCUT2D eigenvalue weighted by Crippen LogP contribution is -2.31. The molecule has 1 N–H and O–H groups in total. The van der Waals surface area contributed by atoms with Crippen molar-refractivity contribution in [3.8, 4) is 17.6 Å². The van der Waals surface area contributed by atoms with Gasteiger partial charge >= 0.3 is 6.01 Å². The van der Waals surface area contributed by atoms with Crippen molar-refractivity contribution in [2.45, 2.75) is 25.8 Å². The molecule has 0 spiro atoms. The molecule has 4 heterocycles. The molecule has 1 aliphatic heterocycles. The molecule has 0 aliphatic carbocycles. The smallest absolute Gasteiger partial charge is 0.319 e. The van der Waals surface area contributed by atoms with E-state index in [-0.39, 0.29) is 34.4 Å². The Morgan fingerprint density at radius 2 is 1.81 bits per heavy atom. The molecule has 1 aliphatic rings. The number of aromatic amines is 1. The number of carbonyl (C=O) groups is 1. The number of halogens is 2. The van der Waals surface area contributed by atoms with Gasteiger partial charge in [0.1, 0.15) is 10.7 Å². The number of nitrogens with one attached hydrogen (secondary N) is 1. The predicted molar refractivity (Wildman–Crippen MR) is 139 cm³/mol. The number of hydrogen-bond donors (Lipinski definition) is 1. The van der Waals surface area contributed by atoms with Gasteiger partial charge in [-0.2, -0.15) is 10.1 Å². The lowest BCUT2D eigenvalue weighted by atomic mass is 9.94. The maximum atomic E-state index is 13.9. The first-order valence-corrected chi connectivity index (χ1v) is 12.1. The Kier molecular flexibility index (Phi) is 6.38. The summed E-state index contributed by atoms with van der Waals surface area (Å²) in [5, 5.41) is 5.26. The van der Waals surface area contributed by atoms with Crippen LogP contribution in [0.25, 0.3) is 5.69 Å². The highest BCUT2D eigenvalue weighted by atomic mass is 35.5. The van der Waals surface area contributed by atoms with E-state index < -0.39 is 11.6 Å². The number of ether oxygens (including phenoxy) is 2. The highest BCUT2D eigenvalue weighted by Gasteiger charge is 2.45. The van der Waals surface area contributed by atoms with Crippen LogP contribution in [0.5, 0.6) is 11.9 Å². The van der Waals surface area contributed by atoms with Crippen LogP contribution in [-0.2, 0) is 0 Å². The summed E-state index contributed by atoms with van der Waals surface area (Å²) in [6, 6.07) is 8.27. The Balaban J connectivity index is 1.77. The van der Waals surface area contributed by atoms with E-state index in [0.717, 1.165) is 11.3 Å². The Morgan fingerprint density at radius 3 is 2.43 bits per heavy atom. The minimum atomic E-state index is -0.571. The van der Waals surface area contributed by atoms with Crippen molar-refractivity contribution < 1.29 is 14.3 Å². The molecule has 0 saturated heterocycles. The van der Waals surface area contributed by atoms with E-state index in [2.05, 4.69) is 15.0 Å². The van der Waals surface area contributed by atoms with Gasteiger partial charge in [-0.1, -0.05) is 49.2 Å². The van der Waals surface area contributed by atoms with Crippen molar-refractivity contribution in [3.05, 3.63) is 85.6 Å². The number of benzene rings is 1. The third-order valence-corrected chi connectivity index (χ3v) is 6.62. The second-order valence-corrected chi connectivity index (χ2v) is 9.47. The molecule has 190 valence electrons. The molecule has 0 fully saturated rings. The monoisotopic (exact) mass is 540 g/mol. The molecule has 1 amide bonds. The number of nitrogens with zero attached hydrogens (tertiary/aromatic N) is 5. The highest BCUT2D eigenvalue weighted by Crippen LogP contribution is 2.46. The summed E-state index contributed by atoms with van der Waals surface area (Å²) in [6.07, 6.45) is 3.00. The van der Waals surface area contributed by atoms with E-state index in [1.165, 1.54) is 26.5 Å². The Labute approximate surface area is 221 Å². The van der Waals surface area contributed by atoms with Crippen LogP contribution in [0.1, 0.15) is 53.1 Å². The van der Waals surface area contributed by atoms with Crippen LogP contribution < -0.4 is 19.9 Å². The average Bonchev–Trinajstić information content (AvgIpc) is 3.41. The molecule has 1 atom stereocenters. The molecule has 0 saturated carbocycles. The number of H-pyrrole nitrogens is 1. The quantitative estimate of drug-likeness (QED) is 0.381. The van der Waals surface area contributed by atoms with E-state index in [0.29, 0.717) is 22.0 Å². The normalized spacial score (nSPS) is 14.8. The maximum absolute atomic E-state index is 13.9. The summed E-state index contributed by atoms with van der Waals surface area (Å²) >= 11 is 12.3. The number of carbonyl (C=O) groups excluding carboxylic acids is 1. The van der Waals surface area contributed by atoms with Gasteiger partial charge in [0.05, 0.1) is 37.8 Å².